The molecule has 1 fully saturated rings. The molecule has 4 rings (SSSR count). The number of rotatable bonds is 6. The number of hydrazine groups is 1. The molecule has 8 heteroatoms. The summed E-state index contributed by atoms with van der Waals surface area (Å²) in [5.74, 6) is 2.02. The molecule has 0 atom stereocenters. The lowest BCUT2D eigenvalue weighted by atomic mass is 10.1. The molecule has 0 radical (unpaired) electrons. The second kappa shape index (κ2) is 9.55. The van der Waals surface area contributed by atoms with Crippen molar-refractivity contribution in [1.82, 2.24) is 15.8 Å². The van der Waals surface area contributed by atoms with E-state index in [-0.39, 0.29) is 11.5 Å². The van der Waals surface area contributed by atoms with Crippen LogP contribution < -0.4 is 20.2 Å². The van der Waals surface area contributed by atoms with Crippen molar-refractivity contribution in [3.63, 3.8) is 0 Å². The average Bonchev–Trinajstić information content (AvgIpc) is 3.48. The molecule has 0 amide bonds. The van der Waals surface area contributed by atoms with Crippen LogP contribution in [0.25, 0.3) is 0 Å². The number of guanidine groups is 1. The van der Waals surface area contributed by atoms with Gasteiger partial charge in [-0.1, -0.05) is 24.3 Å². The van der Waals surface area contributed by atoms with Gasteiger partial charge in [-0.2, -0.15) is 0 Å². The Bertz CT molecular complexity index is 1080. The van der Waals surface area contributed by atoms with E-state index >= 15 is 0 Å². The van der Waals surface area contributed by atoms with Crippen LogP contribution in [0.4, 0.5) is 0 Å². The molecule has 8 nitrogen and oxygen atoms in total. The van der Waals surface area contributed by atoms with Gasteiger partial charge in [0.15, 0.2) is 23.0 Å². The number of hydrogen-bond donors (Lipinski definition) is 4. The minimum absolute atomic E-state index is 0.133. The highest BCUT2D eigenvalue weighted by Gasteiger charge is 2.26. The topological polar surface area (TPSA) is 98.6 Å². The Balaban J connectivity index is 1.52. The van der Waals surface area contributed by atoms with Crippen molar-refractivity contribution in [2.45, 2.75) is 19.3 Å². The second-order valence-electron chi connectivity index (χ2n) is 7.60. The first-order valence-corrected chi connectivity index (χ1v) is 10.5. The van der Waals surface area contributed by atoms with Crippen LogP contribution in [0.1, 0.15) is 17.5 Å². The molecule has 2 aliphatic rings. The molecular formula is C24H28N4O4. The van der Waals surface area contributed by atoms with Crippen LogP contribution >= 0.6 is 0 Å². The third-order valence-electron chi connectivity index (χ3n) is 5.43. The summed E-state index contributed by atoms with van der Waals surface area (Å²) in [7, 11) is 3.09. The molecule has 2 aliphatic heterocycles. The van der Waals surface area contributed by atoms with E-state index in [9.17, 15) is 10.2 Å². The second-order valence-corrected chi connectivity index (χ2v) is 7.60. The van der Waals surface area contributed by atoms with Gasteiger partial charge < -0.3 is 25.0 Å². The summed E-state index contributed by atoms with van der Waals surface area (Å²) in [6.45, 7) is 1.57. The molecular weight excluding hydrogens is 408 g/mol. The number of phenols is 2. The van der Waals surface area contributed by atoms with Crippen molar-refractivity contribution >= 4 is 5.96 Å². The highest BCUT2D eigenvalue weighted by Crippen LogP contribution is 2.29. The van der Waals surface area contributed by atoms with Crippen LogP contribution in [0, 0.1) is 0 Å². The van der Waals surface area contributed by atoms with Crippen LogP contribution in [0.5, 0.6) is 23.0 Å². The monoisotopic (exact) mass is 436 g/mol. The molecule has 0 saturated carbocycles. The van der Waals surface area contributed by atoms with Crippen molar-refractivity contribution in [1.29, 1.82) is 0 Å². The van der Waals surface area contributed by atoms with Crippen LogP contribution in [0.15, 0.2) is 64.9 Å². The van der Waals surface area contributed by atoms with Crippen molar-refractivity contribution in [2.75, 3.05) is 27.3 Å². The first kappa shape index (κ1) is 21.4. The Morgan fingerprint density at radius 2 is 1.59 bits per heavy atom. The van der Waals surface area contributed by atoms with E-state index in [0.717, 1.165) is 48.0 Å². The lowest BCUT2D eigenvalue weighted by molar-refractivity contribution is 0.373. The van der Waals surface area contributed by atoms with Crippen molar-refractivity contribution < 1.29 is 19.7 Å². The molecule has 0 aromatic heterocycles. The van der Waals surface area contributed by atoms with Crippen molar-refractivity contribution in [2.24, 2.45) is 4.99 Å². The summed E-state index contributed by atoms with van der Waals surface area (Å²) in [6.07, 6.45) is 6.44. The normalized spacial score (nSPS) is 17.9. The molecule has 0 bridgehead atoms. The molecule has 2 aromatic rings. The van der Waals surface area contributed by atoms with Gasteiger partial charge in [0, 0.05) is 24.4 Å². The van der Waals surface area contributed by atoms with Gasteiger partial charge in [-0.25, -0.2) is 10.0 Å². The molecule has 32 heavy (non-hydrogen) atoms. The van der Waals surface area contributed by atoms with Crippen LogP contribution in [0.3, 0.4) is 0 Å². The van der Waals surface area contributed by atoms with E-state index in [2.05, 4.69) is 27.9 Å². The van der Waals surface area contributed by atoms with E-state index in [1.807, 2.05) is 29.3 Å². The predicted molar refractivity (Wildman–Crippen MR) is 123 cm³/mol. The molecule has 0 aliphatic carbocycles. The molecule has 168 valence electrons. The Hall–Kier alpha value is -3.81. The number of benzene rings is 2. The maximum atomic E-state index is 9.82. The molecule has 2 aromatic carbocycles. The minimum atomic E-state index is 0.133. The average molecular weight is 437 g/mol. The zero-order valence-corrected chi connectivity index (χ0v) is 18.3. The fraction of sp³-hybridized carbons (Fsp3) is 0.292. The number of nitrogens with zero attached hydrogens (tertiary/aromatic N) is 2. The standard InChI is InChI=1S/C24H28N4O4/c1-31-22-13-16(5-9-20(22)29)3-7-18-15-19(28(27-18)24-25-11-12-26-24)8-4-17-6-10-21(30)23(14-17)32-2/h5-10,13-14,27,29-30H,3-4,11-12,15H2,1-2H3,(H,25,26). The predicted octanol–water partition coefficient (Wildman–Crippen LogP) is 2.84. The zero-order valence-electron chi connectivity index (χ0n) is 18.3. The molecule has 1 saturated heterocycles. The SMILES string of the molecule is COc1cc(CC=C2CC(=CCc3ccc(O)c(OC)c3)N(C3=NCCN3)N2)ccc1O. The number of aliphatic imine (C=N–C) groups is 1. The Kier molecular flexibility index (Phi) is 6.39. The van der Waals surface area contributed by atoms with E-state index in [1.165, 1.54) is 0 Å². The van der Waals surface area contributed by atoms with E-state index in [1.54, 1.807) is 26.4 Å². The molecule has 0 spiro atoms. The molecule has 4 N–H and O–H groups in total. The van der Waals surface area contributed by atoms with E-state index in [0.29, 0.717) is 24.3 Å². The maximum Gasteiger partial charge on any atom is 0.217 e. The Labute approximate surface area is 187 Å². The van der Waals surface area contributed by atoms with Gasteiger partial charge in [0.05, 0.1) is 20.8 Å². The van der Waals surface area contributed by atoms with Crippen molar-refractivity contribution in [3.8, 4) is 23.0 Å². The number of hydrogen-bond acceptors (Lipinski definition) is 8. The van der Waals surface area contributed by atoms with Gasteiger partial charge in [0.1, 0.15) is 0 Å². The first-order chi connectivity index (χ1) is 15.6. The highest BCUT2D eigenvalue weighted by atomic mass is 16.5. The fourth-order valence-electron chi connectivity index (χ4n) is 3.71. The lowest BCUT2D eigenvalue weighted by Crippen LogP contribution is -2.41. The summed E-state index contributed by atoms with van der Waals surface area (Å²) < 4.78 is 10.4. The van der Waals surface area contributed by atoms with Crippen LogP contribution in [0.2, 0.25) is 0 Å². The Morgan fingerprint density at radius 3 is 2.16 bits per heavy atom. The summed E-state index contributed by atoms with van der Waals surface area (Å²) in [5.41, 5.74) is 7.71. The number of allylic oxidation sites excluding steroid dienone is 2. The van der Waals surface area contributed by atoms with E-state index < -0.39 is 0 Å². The molecule has 0 unspecified atom stereocenters. The van der Waals surface area contributed by atoms with Gasteiger partial charge in [-0.05, 0) is 48.2 Å². The third kappa shape index (κ3) is 4.74. The summed E-state index contributed by atoms with van der Waals surface area (Å²) in [5, 5.41) is 24.9. The van der Waals surface area contributed by atoms with Crippen LogP contribution in [-0.4, -0.2) is 48.5 Å². The number of phenolic OH excluding ortho intramolecular Hbond substituents is 2. The van der Waals surface area contributed by atoms with Gasteiger partial charge in [0.25, 0.3) is 0 Å². The van der Waals surface area contributed by atoms with Gasteiger partial charge in [-0.3, -0.25) is 5.43 Å². The van der Waals surface area contributed by atoms with Gasteiger partial charge >= 0.3 is 0 Å². The molecule has 2 heterocycles. The highest BCUT2D eigenvalue weighted by molar-refractivity contribution is 5.83. The third-order valence-corrected chi connectivity index (χ3v) is 5.43. The number of nitrogens with one attached hydrogen (secondary N) is 2. The number of methoxy groups -OCH3 is 2. The van der Waals surface area contributed by atoms with Gasteiger partial charge in [-0.15, -0.1) is 0 Å². The fourth-order valence-corrected chi connectivity index (χ4v) is 3.71. The summed E-state index contributed by atoms with van der Waals surface area (Å²) in [6, 6.07) is 10.8. The number of ether oxygens (including phenoxy) is 2. The van der Waals surface area contributed by atoms with Gasteiger partial charge in [0.2, 0.25) is 5.96 Å². The quantitative estimate of drug-likeness (QED) is 0.553. The summed E-state index contributed by atoms with van der Waals surface area (Å²) >= 11 is 0. The first-order valence-electron chi connectivity index (χ1n) is 10.5. The van der Waals surface area contributed by atoms with E-state index in [4.69, 9.17) is 9.47 Å². The van der Waals surface area contributed by atoms with Crippen LogP contribution in [-0.2, 0) is 12.8 Å². The number of aromatic hydroxyl groups is 2. The summed E-state index contributed by atoms with van der Waals surface area (Å²) in [4.78, 5) is 4.55. The minimum Gasteiger partial charge on any atom is -0.504 e. The Morgan fingerprint density at radius 1 is 0.969 bits per heavy atom. The lowest BCUT2D eigenvalue weighted by Gasteiger charge is -2.20. The largest absolute Gasteiger partial charge is 0.504 e. The zero-order chi connectivity index (χ0) is 22.5. The smallest absolute Gasteiger partial charge is 0.217 e. The van der Waals surface area contributed by atoms with Crippen molar-refractivity contribution in [3.05, 3.63) is 71.1 Å². The maximum absolute atomic E-state index is 9.82.